The summed E-state index contributed by atoms with van der Waals surface area (Å²) in [5.74, 6) is -0.571. The zero-order valence-corrected chi connectivity index (χ0v) is 12.4. The maximum Gasteiger partial charge on any atom is 0.158 e. The molecule has 0 saturated heterocycles. The number of hydrogen-bond acceptors (Lipinski definition) is 2. The van der Waals surface area contributed by atoms with E-state index in [9.17, 15) is 14.4 Å². The molecule has 1 aliphatic carbocycles. The molecule has 20 heavy (non-hydrogen) atoms. The van der Waals surface area contributed by atoms with Crippen LogP contribution < -0.4 is 0 Å². The first kappa shape index (κ1) is 15.0. The molecule has 0 bridgehead atoms. The molecule has 1 saturated carbocycles. The van der Waals surface area contributed by atoms with Crippen molar-refractivity contribution < 1.29 is 9.18 Å². The SMILES string of the molecule is CC1(C)CCCC(C#N)(Cc2cccc(F)c2Cl)C1=O. The average Bonchev–Trinajstić information content (AvgIpc) is 2.40. The first-order chi connectivity index (χ1) is 9.32. The van der Waals surface area contributed by atoms with Gasteiger partial charge in [-0.1, -0.05) is 44.0 Å². The summed E-state index contributed by atoms with van der Waals surface area (Å²) in [5, 5.41) is 9.57. The molecule has 0 heterocycles. The highest BCUT2D eigenvalue weighted by Crippen LogP contribution is 2.45. The zero-order chi connectivity index (χ0) is 15.0. The number of hydrogen-bond donors (Lipinski definition) is 0. The standard InChI is InChI=1S/C16H17ClFNO/c1-15(2)7-4-8-16(10-19,14(15)20)9-11-5-3-6-12(18)13(11)17/h3,5-6H,4,7-9H2,1-2H3. The van der Waals surface area contributed by atoms with Crippen molar-refractivity contribution in [2.45, 2.75) is 39.5 Å². The molecular formula is C16H17ClFNO. The minimum absolute atomic E-state index is 0.0123. The lowest BCUT2D eigenvalue weighted by Crippen LogP contribution is -2.45. The third-order valence-electron chi connectivity index (χ3n) is 4.19. The van der Waals surface area contributed by atoms with E-state index in [4.69, 9.17) is 11.6 Å². The van der Waals surface area contributed by atoms with E-state index in [1.54, 1.807) is 12.1 Å². The number of Topliss-reactive ketones (excluding diaryl/α,β-unsaturated/α-hetero) is 1. The van der Waals surface area contributed by atoms with Gasteiger partial charge < -0.3 is 0 Å². The van der Waals surface area contributed by atoms with E-state index in [-0.39, 0.29) is 17.2 Å². The largest absolute Gasteiger partial charge is 0.297 e. The summed E-state index contributed by atoms with van der Waals surface area (Å²) in [5.41, 5.74) is -1.06. The summed E-state index contributed by atoms with van der Waals surface area (Å²) in [6, 6.07) is 6.70. The van der Waals surface area contributed by atoms with Gasteiger partial charge >= 0.3 is 0 Å². The van der Waals surface area contributed by atoms with Crippen LogP contribution in [0.5, 0.6) is 0 Å². The minimum atomic E-state index is -1.08. The fourth-order valence-electron chi connectivity index (χ4n) is 3.03. The van der Waals surface area contributed by atoms with Gasteiger partial charge in [-0.3, -0.25) is 4.79 Å². The predicted octanol–water partition coefficient (Wildman–Crippen LogP) is 4.31. The molecule has 0 spiro atoms. The molecular weight excluding hydrogens is 277 g/mol. The molecule has 1 unspecified atom stereocenters. The van der Waals surface area contributed by atoms with Crippen LogP contribution >= 0.6 is 11.6 Å². The highest BCUT2D eigenvalue weighted by molar-refractivity contribution is 6.31. The second kappa shape index (κ2) is 5.18. The monoisotopic (exact) mass is 293 g/mol. The Morgan fingerprint density at radius 2 is 2.10 bits per heavy atom. The lowest BCUT2D eigenvalue weighted by atomic mass is 9.61. The third kappa shape index (κ3) is 2.45. The highest BCUT2D eigenvalue weighted by atomic mass is 35.5. The van der Waals surface area contributed by atoms with Gasteiger partial charge in [0.25, 0.3) is 0 Å². The van der Waals surface area contributed by atoms with Gasteiger partial charge in [0.05, 0.1) is 11.1 Å². The Morgan fingerprint density at radius 3 is 2.75 bits per heavy atom. The van der Waals surface area contributed by atoms with Crippen LogP contribution in [0.25, 0.3) is 0 Å². The highest BCUT2D eigenvalue weighted by Gasteiger charge is 2.49. The summed E-state index contributed by atoms with van der Waals surface area (Å²) >= 11 is 5.95. The fourth-order valence-corrected chi connectivity index (χ4v) is 3.22. The summed E-state index contributed by atoms with van der Waals surface area (Å²) in [4.78, 5) is 12.6. The number of carbonyl (C=O) groups excluding carboxylic acids is 1. The quantitative estimate of drug-likeness (QED) is 0.815. The Bertz CT molecular complexity index is 591. The summed E-state index contributed by atoms with van der Waals surface area (Å²) in [7, 11) is 0. The Morgan fingerprint density at radius 1 is 1.40 bits per heavy atom. The van der Waals surface area contributed by atoms with Gasteiger partial charge in [0.2, 0.25) is 0 Å². The topological polar surface area (TPSA) is 40.9 Å². The first-order valence-electron chi connectivity index (χ1n) is 6.71. The van der Waals surface area contributed by atoms with Gasteiger partial charge in [0.1, 0.15) is 11.2 Å². The Balaban J connectivity index is 2.40. The van der Waals surface area contributed by atoms with Gasteiger partial charge in [-0.25, -0.2) is 4.39 Å². The van der Waals surface area contributed by atoms with E-state index in [2.05, 4.69) is 6.07 Å². The van der Waals surface area contributed by atoms with E-state index in [0.717, 1.165) is 12.8 Å². The first-order valence-corrected chi connectivity index (χ1v) is 7.09. The van der Waals surface area contributed by atoms with Crippen LogP contribution in [0.2, 0.25) is 5.02 Å². The van der Waals surface area contributed by atoms with E-state index in [0.29, 0.717) is 12.0 Å². The van der Waals surface area contributed by atoms with Crippen molar-refractivity contribution in [3.8, 4) is 6.07 Å². The third-order valence-corrected chi connectivity index (χ3v) is 4.62. The van der Waals surface area contributed by atoms with Crippen LogP contribution in [-0.2, 0) is 11.2 Å². The van der Waals surface area contributed by atoms with Crippen molar-refractivity contribution in [1.82, 2.24) is 0 Å². The maximum absolute atomic E-state index is 13.5. The Labute approximate surface area is 123 Å². The summed E-state index contributed by atoms with van der Waals surface area (Å²) in [6.07, 6.45) is 2.30. The molecule has 1 aromatic rings. The van der Waals surface area contributed by atoms with Crippen LogP contribution in [-0.4, -0.2) is 5.78 Å². The number of halogens is 2. The number of benzene rings is 1. The molecule has 2 rings (SSSR count). The molecule has 1 aromatic carbocycles. The molecule has 1 aliphatic rings. The van der Waals surface area contributed by atoms with Crippen molar-refractivity contribution in [1.29, 1.82) is 5.26 Å². The number of nitrogens with zero attached hydrogens (tertiary/aromatic N) is 1. The molecule has 4 heteroatoms. The summed E-state index contributed by atoms with van der Waals surface area (Å²) < 4.78 is 13.5. The Hall–Kier alpha value is -1.40. The molecule has 1 fully saturated rings. The minimum Gasteiger partial charge on any atom is -0.297 e. The van der Waals surface area contributed by atoms with Crippen molar-refractivity contribution >= 4 is 17.4 Å². The van der Waals surface area contributed by atoms with Crippen molar-refractivity contribution in [2.75, 3.05) is 0 Å². The van der Waals surface area contributed by atoms with E-state index in [1.165, 1.54) is 6.07 Å². The molecule has 106 valence electrons. The van der Waals surface area contributed by atoms with Crippen molar-refractivity contribution in [2.24, 2.45) is 10.8 Å². The number of rotatable bonds is 2. The zero-order valence-electron chi connectivity index (χ0n) is 11.7. The number of carbonyl (C=O) groups is 1. The second-order valence-corrected chi connectivity index (χ2v) is 6.53. The van der Waals surface area contributed by atoms with Crippen LogP contribution in [0.1, 0.15) is 38.7 Å². The predicted molar refractivity (Wildman–Crippen MR) is 75.8 cm³/mol. The van der Waals surface area contributed by atoms with E-state index in [1.807, 2.05) is 13.8 Å². The molecule has 1 atom stereocenters. The molecule has 0 N–H and O–H groups in total. The molecule has 0 radical (unpaired) electrons. The van der Waals surface area contributed by atoms with Gasteiger partial charge in [-0.15, -0.1) is 0 Å². The van der Waals surface area contributed by atoms with Crippen molar-refractivity contribution in [3.05, 3.63) is 34.6 Å². The number of nitriles is 1. The normalized spacial score (nSPS) is 25.2. The fraction of sp³-hybridized carbons (Fsp3) is 0.500. The molecule has 0 aliphatic heterocycles. The number of ketones is 1. The van der Waals surface area contributed by atoms with Gasteiger partial charge in [-0.2, -0.15) is 5.26 Å². The molecule has 0 amide bonds. The summed E-state index contributed by atoms with van der Waals surface area (Å²) in [6.45, 7) is 3.74. The lowest BCUT2D eigenvalue weighted by Gasteiger charge is -2.39. The van der Waals surface area contributed by atoms with Crippen molar-refractivity contribution in [3.63, 3.8) is 0 Å². The Kier molecular flexibility index (Phi) is 3.88. The van der Waals surface area contributed by atoms with Crippen LogP contribution in [0.4, 0.5) is 4.39 Å². The van der Waals surface area contributed by atoms with Crippen LogP contribution in [0.3, 0.4) is 0 Å². The van der Waals surface area contributed by atoms with Gasteiger partial charge in [-0.05, 0) is 30.9 Å². The smallest absolute Gasteiger partial charge is 0.158 e. The van der Waals surface area contributed by atoms with Gasteiger partial charge in [0, 0.05) is 5.41 Å². The molecule has 2 nitrogen and oxygen atoms in total. The van der Waals surface area contributed by atoms with Gasteiger partial charge in [0.15, 0.2) is 5.78 Å². The molecule has 0 aromatic heterocycles. The van der Waals surface area contributed by atoms with E-state index >= 15 is 0 Å². The second-order valence-electron chi connectivity index (χ2n) is 6.15. The average molecular weight is 294 g/mol. The van der Waals surface area contributed by atoms with Crippen LogP contribution in [0.15, 0.2) is 18.2 Å². The van der Waals surface area contributed by atoms with E-state index < -0.39 is 16.6 Å². The van der Waals surface area contributed by atoms with Crippen LogP contribution in [0, 0.1) is 28.0 Å². The maximum atomic E-state index is 13.5. The lowest BCUT2D eigenvalue weighted by molar-refractivity contribution is -0.138.